The zero-order chi connectivity index (χ0) is 14.8. The minimum atomic E-state index is -0.240. The minimum absolute atomic E-state index is 0.240. The molecule has 0 radical (unpaired) electrons. The van der Waals surface area contributed by atoms with Gasteiger partial charge in [-0.15, -0.1) is 0 Å². The van der Waals surface area contributed by atoms with Gasteiger partial charge in [0, 0.05) is 6.92 Å². The first kappa shape index (κ1) is 13.5. The van der Waals surface area contributed by atoms with Crippen molar-refractivity contribution in [3.05, 3.63) is 81.7 Å². The highest BCUT2D eigenvalue weighted by atomic mass is 32.1. The molecule has 1 aromatic heterocycles. The van der Waals surface area contributed by atoms with Gasteiger partial charge in [-0.05, 0) is 36.5 Å². The van der Waals surface area contributed by atoms with Crippen molar-refractivity contribution in [3.8, 4) is 11.4 Å². The second kappa shape index (κ2) is 5.46. The van der Waals surface area contributed by atoms with Gasteiger partial charge in [-0.25, -0.2) is 4.79 Å². The first-order chi connectivity index (χ1) is 10.2. The first-order valence-electron chi connectivity index (χ1n) is 6.57. The number of hydrogen-bond donors (Lipinski definition) is 1. The quantitative estimate of drug-likeness (QED) is 0.583. The number of nitrogens with zero attached hydrogens (tertiary/aromatic N) is 2. The van der Waals surface area contributed by atoms with E-state index in [2.05, 4.69) is 4.98 Å². The minimum Gasteiger partial charge on any atom is -0.212 e. The molecule has 0 saturated carbocycles. The van der Waals surface area contributed by atoms with Crippen molar-refractivity contribution in [2.75, 3.05) is 0 Å². The number of H-pyrrole nitrogens is 1. The molecule has 4 nitrogen and oxygen atoms in total. The Labute approximate surface area is 127 Å². The van der Waals surface area contributed by atoms with E-state index in [-0.39, 0.29) is 5.69 Å². The summed E-state index contributed by atoms with van der Waals surface area (Å²) in [5.41, 5.74) is 1.48. The predicted octanol–water partition coefficient (Wildman–Crippen LogP) is 2.48. The summed E-state index contributed by atoms with van der Waals surface area (Å²) in [6.45, 7) is 1.88. The summed E-state index contributed by atoms with van der Waals surface area (Å²) in [5.74, 6) is 0.751. The Kier molecular flexibility index (Phi) is 3.50. The van der Waals surface area contributed by atoms with Crippen LogP contribution in [0.2, 0.25) is 0 Å². The van der Waals surface area contributed by atoms with Crippen LogP contribution in [0.5, 0.6) is 0 Å². The fourth-order valence-electron chi connectivity index (χ4n) is 2.36. The Balaban J connectivity index is 2.34. The van der Waals surface area contributed by atoms with Gasteiger partial charge < -0.3 is 0 Å². The molecule has 0 bridgehead atoms. The maximum atomic E-state index is 12.3. The Hall–Kier alpha value is -2.53. The summed E-state index contributed by atoms with van der Waals surface area (Å²) in [4.78, 5) is 15.0. The van der Waals surface area contributed by atoms with Crippen LogP contribution >= 0.6 is 12.2 Å². The van der Waals surface area contributed by atoms with E-state index in [1.165, 1.54) is 0 Å². The van der Waals surface area contributed by atoms with Crippen molar-refractivity contribution >= 4 is 12.2 Å². The summed E-state index contributed by atoms with van der Waals surface area (Å²) >= 11 is 5.31. The summed E-state index contributed by atoms with van der Waals surface area (Å²) in [6.07, 6.45) is 0. The lowest BCUT2D eigenvalue weighted by molar-refractivity contribution is -0.618. The molecule has 3 aromatic rings. The van der Waals surface area contributed by atoms with Crippen LogP contribution in [0.15, 0.2) is 65.5 Å². The molecule has 0 aliphatic carbocycles. The molecule has 0 aliphatic rings. The Morgan fingerprint density at radius 1 is 1.00 bits per heavy atom. The lowest BCUT2D eigenvalue weighted by Gasteiger charge is -2.09. The molecule has 0 spiro atoms. The van der Waals surface area contributed by atoms with Gasteiger partial charge in [0.1, 0.15) is 11.4 Å². The van der Waals surface area contributed by atoms with Crippen molar-refractivity contribution in [2.45, 2.75) is 6.92 Å². The first-order valence-corrected chi connectivity index (χ1v) is 6.98. The Bertz CT molecular complexity index is 811. The van der Waals surface area contributed by atoms with E-state index in [4.69, 9.17) is 12.2 Å². The Morgan fingerprint density at radius 2 is 1.57 bits per heavy atom. The van der Waals surface area contributed by atoms with E-state index in [0.717, 1.165) is 17.2 Å². The van der Waals surface area contributed by atoms with Crippen molar-refractivity contribution in [3.63, 3.8) is 0 Å². The fraction of sp³-hybridized carbons (Fsp3) is 0.0625. The molecule has 0 saturated heterocycles. The van der Waals surface area contributed by atoms with Gasteiger partial charge in [-0.3, -0.25) is 0 Å². The Morgan fingerprint density at radius 3 is 2.19 bits per heavy atom. The smallest absolute Gasteiger partial charge is 0.212 e. The highest BCUT2D eigenvalue weighted by Gasteiger charge is 2.17. The maximum absolute atomic E-state index is 12.3. The van der Waals surface area contributed by atoms with Gasteiger partial charge in [0.25, 0.3) is 0 Å². The zero-order valence-corrected chi connectivity index (χ0v) is 12.3. The predicted molar refractivity (Wildman–Crippen MR) is 83.5 cm³/mol. The van der Waals surface area contributed by atoms with Crippen LogP contribution in [0.1, 0.15) is 5.82 Å². The summed E-state index contributed by atoms with van der Waals surface area (Å²) in [5, 5.41) is 0. The molecule has 0 unspecified atom stereocenters. The topological polar surface area (TPSA) is 41.7 Å². The van der Waals surface area contributed by atoms with Crippen LogP contribution in [0.3, 0.4) is 0 Å². The van der Waals surface area contributed by atoms with Crippen LogP contribution in [0.25, 0.3) is 11.4 Å². The lowest BCUT2D eigenvalue weighted by atomic mass is 10.3. The monoisotopic (exact) mass is 296 g/mol. The van der Waals surface area contributed by atoms with E-state index >= 15 is 0 Å². The molecule has 0 amide bonds. The molecule has 21 heavy (non-hydrogen) atoms. The standard InChI is InChI=1S/C16H13N3OS/c1-12-18(13-8-4-2-5-9-13)15(20)17-16(21)19(12)14-10-6-3-7-11-14/h2-11H,1H3/p+1. The largest absolute Gasteiger partial charge is 0.449 e. The molecule has 3 rings (SSSR count). The van der Waals surface area contributed by atoms with E-state index in [9.17, 15) is 4.79 Å². The van der Waals surface area contributed by atoms with Gasteiger partial charge in [0.15, 0.2) is 0 Å². The van der Waals surface area contributed by atoms with Crippen LogP contribution in [-0.2, 0) is 0 Å². The van der Waals surface area contributed by atoms with Crippen LogP contribution < -0.4 is 10.3 Å². The van der Waals surface area contributed by atoms with Gasteiger partial charge in [-0.2, -0.15) is 14.1 Å². The SMILES string of the molecule is Cc1n(-c2ccccc2)c(=O)[nH]c(=S)[n+]1-c1ccccc1. The third-order valence-electron chi connectivity index (χ3n) is 3.30. The number of rotatable bonds is 2. The van der Waals surface area contributed by atoms with E-state index in [1.54, 1.807) is 4.57 Å². The number of hydrogen-bond acceptors (Lipinski definition) is 2. The third-order valence-corrected chi connectivity index (χ3v) is 3.58. The van der Waals surface area contributed by atoms with Crippen LogP contribution in [0, 0.1) is 11.7 Å². The molecule has 5 heteroatoms. The molecule has 104 valence electrons. The normalized spacial score (nSPS) is 10.5. The highest BCUT2D eigenvalue weighted by molar-refractivity contribution is 7.71. The molecular weight excluding hydrogens is 282 g/mol. The highest BCUT2D eigenvalue weighted by Crippen LogP contribution is 2.06. The summed E-state index contributed by atoms with van der Waals surface area (Å²) in [7, 11) is 0. The van der Waals surface area contributed by atoms with Gasteiger partial charge in [0.2, 0.25) is 5.82 Å². The average molecular weight is 296 g/mol. The third kappa shape index (κ3) is 2.43. The second-order valence-corrected chi connectivity index (χ2v) is 5.01. The molecule has 0 aliphatic heterocycles. The summed E-state index contributed by atoms with van der Waals surface area (Å²) in [6, 6.07) is 19.2. The molecule has 0 atom stereocenters. The summed E-state index contributed by atoms with van der Waals surface area (Å²) < 4.78 is 3.85. The van der Waals surface area contributed by atoms with Gasteiger partial charge in [0.05, 0.1) is 0 Å². The number of nitrogens with one attached hydrogen (secondary N) is 1. The van der Waals surface area contributed by atoms with Crippen molar-refractivity contribution in [2.24, 2.45) is 0 Å². The van der Waals surface area contributed by atoms with E-state index in [0.29, 0.717) is 4.77 Å². The van der Waals surface area contributed by atoms with E-state index in [1.807, 2.05) is 72.2 Å². The lowest BCUT2D eigenvalue weighted by Crippen LogP contribution is -2.45. The van der Waals surface area contributed by atoms with Gasteiger partial charge in [-0.1, -0.05) is 36.4 Å². The van der Waals surface area contributed by atoms with Crippen molar-refractivity contribution < 1.29 is 4.57 Å². The number of para-hydroxylation sites is 2. The van der Waals surface area contributed by atoms with Crippen molar-refractivity contribution in [1.29, 1.82) is 0 Å². The molecular formula is C16H14N3OS+. The number of aromatic amines is 1. The molecule has 2 aromatic carbocycles. The van der Waals surface area contributed by atoms with E-state index < -0.39 is 0 Å². The molecule has 1 N–H and O–H groups in total. The molecule has 1 heterocycles. The van der Waals surface area contributed by atoms with Crippen molar-refractivity contribution in [1.82, 2.24) is 9.55 Å². The average Bonchev–Trinajstić information content (AvgIpc) is 2.49. The molecule has 0 fully saturated rings. The van der Waals surface area contributed by atoms with Gasteiger partial charge >= 0.3 is 10.5 Å². The van der Waals surface area contributed by atoms with Crippen LogP contribution in [0.4, 0.5) is 0 Å². The number of aromatic nitrogens is 3. The second-order valence-electron chi connectivity index (χ2n) is 4.62. The van der Waals surface area contributed by atoms with Crippen LogP contribution in [-0.4, -0.2) is 9.55 Å². The number of benzene rings is 2. The maximum Gasteiger partial charge on any atom is 0.449 e. The zero-order valence-electron chi connectivity index (χ0n) is 11.5. The fourth-order valence-corrected chi connectivity index (χ4v) is 2.68.